The second kappa shape index (κ2) is 7.50. The number of aromatic nitrogens is 1. The zero-order chi connectivity index (χ0) is 14.5. The largest absolute Gasteiger partial charge is 0.368 e. The first kappa shape index (κ1) is 15.9. The molecule has 0 aromatic carbocycles. The molecule has 1 aliphatic heterocycles. The van der Waals surface area contributed by atoms with Crippen molar-refractivity contribution >= 4 is 11.3 Å². The van der Waals surface area contributed by atoms with Gasteiger partial charge in [-0.2, -0.15) is 0 Å². The molecule has 2 rings (SSSR count). The van der Waals surface area contributed by atoms with Crippen molar-refractivity contribution in [2.75, 3.05) is 33.3 Å². The van der Waals surface area contributed by atoms with E-state index in [9.17, 15) is 0 Å². The SMILES string of the molecule is CCCNCc1sc(C2CN(C)CCO2)nc1C(C)C. The number of thiazole rings is 1. The molecule has 4 nitrogen and oxygen atoms in total. The van der Waals surface area contributed by atoms with Gasteiger partial charge in [0.1, 0.15) is 11.1 Å². The molecule has 5 heteroatoms. The van der Waals surface area contributed by atoms with Crippen LogP contribution in [0.15, 0.2) is 0 Å². The van der Waals surface area contributed by atoms with E-state index in [1.807, 2.05) is 11.3 Å². The third-order valence-electron chi connectivity index (χ3n) is 3.55. The van der Waals surface area contributed by atoms with Gasteiger partial charge >= 0.3 is 0 Å². The molecule has 0 bridgehead atoms. The number of morpholine rings is 1. The smallest absolute Gasteiger partial charge is 0.123 e. The molecule has 1 aromatic heterocycles. The minimum Gasteiger partial charge on any atom is -0.368 e. The van der Waals surface area contributed by atoms with E-state index in [0.29, 0.717) is 5.92 Å². The molecule has 1 aliphatic rings. The zero-order valence-electron chi connectivity index (χ0n) is 13.1. The van der Waals surface area contributed by atoms with Crippen LogP contribution >= 0.6 is 11.3 Å². The Morgan fingerprint density at radius 2 is 2.30 bits per heavy atom. The first-order chi connectivity index (χ1) is 9.61. The Morgan fingerprint density at radius 3 is 2.95 bits per heavy atom. The van der Waals surface area contributed by atoms with Gasteiger partial charge in [0.25, 0.3) is 0 Å². The van der Waals surface area contributed by atoms with E-state index >= 15 is 0 Å². The van der Waals surface area contributed by atoms with Crippen molar-refractivity contribution < 1.29 is 4.74 Å². The minimum atomic E-state index is 0.149. The Hall–Kier alpha value is -0.490. The van der Waals surface area contributed by atoms with Crippen LogP contribution < -0.4 is 5.32 Å². The molecule has 1 fully saturated rings. The van der Waals surface area contributed by atoms with Crippen molar-refractivity contribution in [3.63, 3.8) is 0 Å². The molecule has 0 amide bonds. The summed E-state index contributed by atoms with van der Waals surface area (Å²) in [6.07, 6.45) is 1.32. The molecule has 2 heterocycles. The lowest BCUT2D eigenvalue weighted by Gasteiger charge is -2.28. The fourth-order valence-corrected chi connectivity index (χ4v) is 3.63. The van der Waals surface area contributed by atoms with Gasteiger partial charge in [0, 0.05) is 24.5 Å². The molecule has 1 unspecified atom stereocenters. The van der Waals surface area contributed by atoms with Crippen LogP contribution in [-0.2, 0) is 11.3 Å². The van der Waals surface area contributed by atoms with E-state index in [2.05, 4.69) is 38.0 Å². The van der Waals surface area contributed by atoms with Crippen molar-refractivity contribution in [2.45, 2.75) is 45.8 Å². The molecular weight excluding hydrogens is 270 g/mol. The molecular formula is C15H27N3OS. The van der Waals surface area contributed by atoms with Gasteiger partial charge in [0.2, 0.25) is 0 Å². The van der Waals surface area contributed by atoms with E-state index in [1.54, 1.807) is 0 Å². The van der Waals surface area contributed by atoms with Crippen molar-refractivity contribution in [1.29, 1.82) is 0 Å². The van der Waals surface area contributed by atoms with Crippen LogP contribution in [0.5, 0.6) is 0 Å². The molecule has 1 atom stereocenters. The topological polar surface area (TPSA) is 37.4 Å². The fraction of sp³-hybridized carbons (Fsp3) is 0.800. The maximum Gasteiger partial charge on any atom is 0.123 e. The van der Waals surface area contributed by atoms with Gasteiger partial charge in [-0.15, -0.1) is 11.3 Å². The molecule has 0 spiro atoms. The average Bonchev–Trinajstić information content (AvgIpc) is 2.83. The summed E-state index contributed by atoms with van der Waals surface area (Å²) in [4.78, 5) is 8.57. The third-order valence-corrected chi connectivity index (χ3v) is 4.71. The summed E-state index contributed by atoms with van der Waals surface area (Å²) in [5.74, 6) is 0.472. The number of hydrogen-bond acceptors (Lipinski definition) is 5. The summed E-state index contributed by atoms with van der Waals surface area (Å²) in [6, 6.07) is 0. The number of nitrogens with zero attached hydrogens (tertiary/aromatic N) is 2. The van der Waals surface area contributed by atoms with Crippen LogP contribution in [0.4, 0.5) is 0 Å². The predicted molar refractivity (Wildman–Crippen MR) is 84.4 cm³/mol. The lowest BCUT2D eigenvalue weighted by Crippen LogP contribution is -2.35. The second-order valence-electron chi connectivity index (χ2n) is 5.81. The third kappa shape index (κ3) is 4.01. The van der Waals surface area contributed by atoms with Crippen molar-refractivity contribution in [2.24, 2.45) is 0 Å². The molecule has 1 aromatic rings. The van der Waals surface area contributed by atoms with Crippen LogP contribution in [-0.4, -0.2) is 43.2 Å². The highest BCUT2D eigenvalue weighted by Crippen LogP contribution is 2.31. The molecule has 0 radical (unpaired) electrons. The van der Waals surface area contributed by atoms with E-state index in [4.69, 9.17) is 9.72 Å². The van der Waals surface area contributed by atoms with E-state index < -0.39 is 0 Å². The van der Waals surface area contributed by atoms with Gasteiger partial charge in [0.15, 0.2) is 0 Å². The molecule has 20 heavy (non-hydrogen) atoms. The van der Waals surface area contributed by atoms with Crippen LogP contribution in [0.25, 0.3) is 0 Å². The standard InChI is InChI=1S/C15H27N3OS/c1-5-6-16-9-13-14(11(2)3)17-15(20-13)12-10-18(4)7-8-19-12/h11-12,16H,5-10H2,1-4H3. The van der Waals surface area contributed by atoms with Crippen molar-refractivity contribution in [3.8, 4) is 0 Å². The van der Waals surface area contributed by atoms with Gasteiger partial charge in [-0.3, -0.25) is 0 Å². The second-order valence-corrected chi connectivity index (χ2v) is 6.93. The van der Waals surface area contributed by atoms with E-state index in [1.165, 1.54) is 17.0 Å². The summed E-state index contributed by atoms with van der Waals surface area (Å²) in [5.41, 5.74) is 1.24. The van der Waals surface area contributed by atoms with E-state index in [0.717, 1.165) is 37.8 Å². The summed E-state index contributed by atoms with van der Waals surface area (Å²) in [7, 11) is 2.15. The lowest BCUT2D eigenvalue weighted by molar-refractivity contribution is -0.0210. The maximum atomic E-state index is 5.89. The molecule has 1 N–H and O–H groups in total. The Bertz CT molecular complexity index is 419. The molecule has 114 valence electrons. The Morgan fingerprint density at radius 1 is 1.50 bits per heavy atom. The van der Waals surface area contributed by atoms with Crippen LogP contribution in [0.2, 0.25) is 0 Å². The highest BCUT2D eigenvalue weighted by molar-refractivity contribution is 7.11. The van der Waals surface area contributed by atoms with Gasteiger partial charge in [-0.05, 0) is 25.9 Å². The highest BCUT2D eigenvalue weighted by Gasteiger charge is 2.25. The lowest BCUT2D eigenvalue weighted by atomic mass is 10.1. The van der Waals surface area contributed by atoms with Crippen LogP contribution in [0, 0.1) is 0 Å². The fourth-order valence-electron chi connectivity index (χ4n) is 2.40. The molecule has 1 saturated heterocycles. The number of hydrogen-bond donors (Lipinski definition) is 1. The normalized spacial score (nSPS) is 20.8. The summed E-state index contributed by atoms with van der Waals surface area (Å²) < 4.78 is 5.89. The van der Waals surface area contributed by atoms with Gasteiger partial charge < -0.3 is 15.0 Å². The van der Waals surface area contributed by atoms with Crippen molar-refractivity contribution in [1.82, 2.24) is 15.2 Å². The number of rotatable bonds is 6. The summed E-state index contributed by atoms with van der Waals surface area (Å²) >= 11 is 1.82. The molecule has 0 saturated carbocycles. The number of likely N-dealkylation sites (N-methyl/N-ethyl adjacent to an activating group) is 1. The monoisotopic (exact) mass is 297 g/mol. The first-order valence-corrected chi connectivity index (χ1v) is 8.43. The van der Waals surface area contributed by atoms with Crippen LogP contribution in [0.3, 0.4) is 0 Å². The highest BCUT2D eigenvalue weighted by atomic mass is 32.1. The predicted octanol–water partition coefficient (Wildman–Crippen LogP) is 2.77. The van der Waals surface area contributed by atoms with Gasteiger partial charge in [-0.25, -0.2) is 4.98 Å². The summed E-state index contributed by atoms with van der Waals surface area (Å²) in [5, 5.41) is 4.64. The number of ether oxygens (including phenoxy) is 1. The Labute approximate surface area is 126 Å². The Balaban J connectivity index is 2.11. The summed E-state index contributed by atoms with van der Waals surface area (Å²) in [6.45, 7) is 11.4. The van der Waals surface area contributed by atoms with Gasteiger partial charge in [-0.1, -0.05) is 20.8 Å². The van der Waals surface area contributed by atoms with Crippen molar-refractivity contribution in [3.05, 3.63) is 15.6 Å². The zero-order valence-corrected chi connectivity index (χ0v) is 13.9. The van der Waals surface area contributed by atoms with E-state index in [-0.39, 0.29) is 6.10 Å². The molecule has 0 aliphatic carbocycles. The maximum absolute atomic E-state index is 5.89. The van der Waals surface area contributed by atoms with Gasteiger partial charge in [0.05, 0.1) is 12.3 Å². The van der Waals surface area contributed by atoms with Crippen LogP contribution in [0.1, 0.15) is 54.8 Å². The Kier molecular flexibility index (Phi) is 5.96. The average molecular weight is 297 g/mol. The quantitative estimate of drug-likeness (QED) is 0.819. The minimum absolute atomic E-state index is 0.149. The first-order valence-electron chi connectivity index (χ1n) is 7.62. The number of nitrogens with one attached hydrogen (secondary N) is 1.